The molecule has 0 saturated heterocycles. The molecule has 0 amide bonds. The van der Waals surface area contributed by atoms with Crippen LogP contribution in [0, 0.1) is 0 Å². The van der Waals surface area contributed by atoms with E-state index in [2.05, 4.69) is 33.7 Å². The summed E-state index contributed by atoms with van der Waals surface area (Å²) in [5.41, 5.74) is 5.65. The van der Waals surface area contributed by atoms with Crippen molar-refractivity contribution in [2.75, 3.05) is 0 Å². The van der Waals surface area contributed by atoms with Crippen LogP contribution < -0.4 is 0 Å². The van der Waals surface area contributed by atoms with Crippen molar-refractivity contribution in [3.8, 4) is 0 Å². The number of nitrogens with zero attached hydrogens (tertiary/aromatic N) is 4. The second-order valence-electron chi connectivity index (χ2n) is 8.71. The van der Waals surface area contributed by atoms with E-state index < -0.39 is 11.4 Å². The molecule has 0 spiro atoms. The van der Waals surface area contributed by atoms with Gasteiger partial charge in [0, 0.05) is 16.2 Å². The first kappa shape index (κ1) is 19.4. The minimum absolute atomic E-state index is 0.0263. The maximum Gasteiger partial charge on any atom is 0.354 e. The molecule has 0 aliphatic heterocycles. The SMILES string of the molecule is CC(C)(c1cccc(C(=O)O)n1)c1ccc2c(n1)c1ccccc1c1nc3ccccc3n21. The average Bonchev–Trinajstić information content (AvgIpc) is 3.24. The third kappa shape index (κ3) is 2.80. The van der Waals surface area contributed by atoms with Gasteiger partial charge in [-0.15, -0.1) is 0 Å². The Labute approximate surface area is 189 Å². The van der Waals surface area contributed by atoms with E-state index in [9.17, 15) is 9.90 Å². The summed E-state index contributed by atoms with van der Waals surface area (Å²) in [5, 5.41) is 11.4. The summed E-state index contributed by atoms with van der Waals surface area (Å²) in [6.07, 6.45) is 0. The number of aromatic nitrogens is 4. The van der Waals surface area contributed by atoms with Crippen molar-refractivity contribution in [2.45, 2.75) is 19.3 Å². The maximum absolute atomic E-state index is 11.5. The lowest BCUT2D eigenvalue weighted by molar-refractivity contribution is 0.0690. The zero-order chi connectivity index (χ0) is 22.7. The molecule has 0 radical (unpaired) electrons. The van der Waals surface area contributed by atoms with Gasteiger partial charge >= 0.3 is 5.97 Å². The van der Waals surface area contributed by atoms with Gasteiger partial charge in [-0.25, -0.2) is 19.7 Å². The number of carboxylic acid groups (broad SMARTS) is 1. The van der Waals surface area contributed by atoms with E-state index in [1.165, 1.54) is 6.07 Å². The Kier molecular flexibility index (Phi) is 4.01. The molecule has 4 aromatic heterocycles. The number of hydrogen-bond acceptors (Lipinski definition) is 4. The smallest absolute Gasteiger partial charge is 0.354 e. The quantitative estimate of drug-likeness (QED) is 0.368. The van der Waals surface area contributed by atoms with Crippen LogP contribution in [-0.4, -0.2) is 30.4 Å². The van der Waals surface area contributed by atoms with Crippen LogP contribution in [-0.2, 0) is 5.41 Å². The Bertz CT molecular complexity index is 1730. The van der Waals surface area contributed by atoms with Crippen LogP contribution in [0.2, 0.25) is 0 Å². The van der Waals surface area contributed by atoms with Gasteiger partial charge in [0.25, 0.3) is 0 Å². The van der Waals surface area contributed by atoms with Crippen molar-refractivity contribution < 1.29 is 9.90 Å². The maximum atomic E-state index is 11.5. The van der Waals surface area contributed by atoms with Gasteiger partial charge in [-0.05, 0) is 50.2 Å². The highest BCUT2D eigenvalue weighted by Gasteiger charge is 2.28. The van der Waals surface area contributed by atoms with E-state index in [1.807, 2.05) is 56.3 Å². The summed E-state index contributed by atoms with van der Waals surface area (Å²) < 4.78 is 2.17. The molecule has 6 rings (SSSR count). The standard InChI is InChI=1S/C27H20N4O2/c1-27(2,22-13-7-11-19(28-22)26(32)33)23-15-14-21-24(30-23)16-8-3-4-9-17(16)25-29-18-10-5-6-12-20(18)31(21)25/h3-15H,1-2H3,(H,32,33). The highest BCUT2D eigenvalue weighted by atomic mass is 16.4. The zero-order valence-corrected chi connectivity index (χ0v) is 18.1. The van der Waals surface area contributed by atoms with Gasteiger partial charge in [-0.3, -0.25) is 4.40 Å². The molecule has 6 heteroatoms. The fourth-order valence-electron chi connectivity index (χ4n) is 4.55. The van der Waals surface area contributed by atoms with Crippen LogP contribution in [0.1, 0.15) is 35.7 Å². The highest BCUT2D eigenvalue weighted by Crippen LogP contribution is 2.35. The summed E-state index contributed by atoms with van der Waals surface area (Å²) in [4.78, 5) is 25.9. The fourth-order valence-corrected chi connectivity index (χ4v) is 4.55. The number of imidazole rings is 1. The first-order valence-electron chi connectivity index (χ1n) is 10.7. The monoisotopic (exact) mass is 432 g/mol. The largest absolute Gasteiger partial charge is 0.477 e. The number of carboxylic acids is 1. The second kappa shape index (κ2) is 6.84. The van der Waals surface area contributed by atoms with E-state index in [-0.39, 0.29) is 5.69 Å². The van der Waals surface area contributed by atoms with Gasteiger partial charge in [-0.2, -0.15) is 0 Å². The van der Waals surface area contributed by atoms with Gasteiger partial charge < -0.3 is 5.11 Å². The summed E-state index contributed by atoms with van der Waals surface area (Å²) >= 11 is 0. The van der Waals surface area contributed by atoms with Crippen molar-refractivity contribution in [3.05, 3.63) is 95.9 Å². The molecule has 160 valence electrons. The number of rotatable bonds is 3. The average molecular weight is 432 g/mol. The third-order valence-electron chi connectivity index (χ3n) is 6.35. The lowest BCUT2D eigenvalue weighted by atomic mass is 9.84. The highest BCUT2D eigenvalue weighted by molar-refractivity contribution is 6.12. The van der Waals surface area contributed by atoms with E-state index in [0.717, 1.165) is 44.2 Å². The van der Waals surface area contributed by atoms with E-state index in [0.29, 0.717) is 5.69 Å². The number of carbonyl (C=O) groups is 1. The van der Waals surface area contributed by atoms with Gasteiger partial charge in [-0.1, -0.05) is 42.5 Å². The van der Waals surface area contributed by atoms with Crippen molar-refractivity contribution in [1.29, 1.82) is 0 Å². The van der Waals surface area contributed by atoms with E-state index in [4.69, 9.17) is 9.97 Å². The Hall–Kier alpha value is -4.32. The summed E-state index contributed by atoms with van der Waals surface area (Å²) in [5.74, 6) is -1.04. The Morgan fingerprint density at radius 2 is 1.48 bits per heavy atom. The molecule has 6 nitrogen and oxygen atoms in total. The van der Waals surface area contributed by atoms with Crippen LogP contribution >= 0.6 is 0 Å². The summed E-state index contributed by atoms with van der Waals surface area (Å²) in [7, 11) is 0. The molecule has 4 heterocycles. The van der Waals surface area contributed by atoms with Gasteiger partial charge in [0.1, 0.15) is 11.3 Å². The Balaban J connectivity index is 1.68. The van der Waals surface area contributed by atoms with Crippen LogP contribution in [0.15, 0.2) is 78.9 Å². The van der Waals surface area contributed by atoms with Crippen molar-refractivity contribution >= 4 is 44.5 Å². The molecule has 0 aliphatic rings. The topological polar surface area (TPSA) is 80.4 Å². The lowest BCUT2D eigenvalue weighted by Crippen LogP contribution is -2.23. The second-order valence-corrected chi connectivity index (χ2v) is 8.71. The van der Waals surface area contributed by atoms with Gasteiger partial charge in [0.05, 0.1) is 33.5 Å². The molecule has 2 aromatic carbocycles. The van der Waals surface area contributed by atoms with Crippen molar-refractivity contribution in [3.63, 3.8) is 0 Å². The molecular formula is C27H20N4O2. The Morgan fingerprint density at radius 3 is 2.30 bits per heavy atom. The minimum atomic E-state index is -1.04. The number of aromatic carboxylic acids is 1. The summed E-state index contributed by atoms with van der Waals surface area (Å²) in [6.45, 7) is 4.03. The lowest BCUT2D eigenvalue weighted by Gasteiger charge is -2.24. The first-order valence-corrected chi connectivity index (χ1v) is 10.7. The number of benzene rings is 2. The van der Waals surface area contributed by atoms with Crippen molar-refractivity contribution in [2.24, 2.45) is 0 Å². The predicted molar refractivity (Wildman–Crippen MR) is 129 cm³/mol. The molecular weight excluding hydrogens is 412 g/mol. The fraction of sp³-hybridized carbons (Fsp3) is 0.111. The number of hydrogen-bond donors (Lipinski definition) is 1. The molecule has 0 atom stereocenters. The zero-order valence-electron chi connectivity index (χ0n) is 18.1. The van der Waals surface area contributed by atoms with Crippen molar-refractivity contribution in [1.82, 2.24) is 19.4 Å². The summed E-state index contributed by atoms with van der Waals surface area (Å²) in [6, 6.07) is 25.4. The predicted octanol–water partition coefficient (Wildman–Crippen LogP) is 5.61. The number of pyridine rings is 3. The molecule has 33 heavy (non-hydrogen) atoms. The van der Waals surface area contributed by atoms with Crippen LogP contribution in [0.4, 0.5) is 0 Å². The van der Waals surface area contributed by atoms with Crippen LogP contribution in [0.5, 0.6) is 0 Å². The van der Waals surface area contributed by atoms with E-state index >= 15 is 0 Å². The third-order valence-corrected chi connectivity index (χ3v) is 6.35. The van der Waals surface area contributed by atoms with Crippen LogP contribution in [0.25, 0.3) is 38.5 Å². The normalized spacial score (nSPS) is 12.2. The molecule has 1 N–H and O–H groups in total. The molecule has 0 bridgehead atoms. The number of para-hydroxylation sites is 2. The van der Waals surface area contributed by atoms with Gasteiger partial charge in [0.15, 0.2) is 0 Å². The molecule has 0 saturated carbocycles. The minimum Gasteiger partial charge on any atom is -0.477 e. The first-order chi connectivity index (χ1) is 15.9. The van der Waals surface area contributed by atoms with Gasteiger partial charge in [0.2, 0.25) is 0 Å². The van der Waals surface area contributed by atoms with Crippen LogP contribution in [0.3, 0.4) is 0 Å². The molecule has 0 aliphatic carbocycles. The molecule has 0 unspecified atom stereocenters. The molecule has 6 aromatic rings. The number of fused-ring (bicyclic) bond motifs is 8. The Morgan fingerprint density at radius 1 is 0.758 bits per heavy atom. The van der Waals surface area contributed by atoms with E-state index in [1.54, 1.807) is 6.07 Å². The molecule has 0 fully saturated rings.